The third kappa shape index (κ3) is 5.68. The van der Waals surface area contributed by atoms with Crippen molar-refractivity contribution in [3.05, 3.63) is 65.2 Å². The van der Waals surface area contributed by atoms with Gasteiger partial charge in [0.25, 0.3) is 10.1 Å². The number of carbonyl (C=O) groups excluding carboxylic acids is 1. The molecule has 0 heterocycles. The van der Waals surface area contributed by atoms with E-state index in [2.05, 4.69) is 0 Å². The SMILES string of the molecule is COC(=O)c1cc(COS(C)(=O)=O)cc(OCc2ccccc2)c1. The maximum Gasteiger partial charge on any atom is 0.337 e. The zero-order chi connectivity index (χ0) is 17.6. The van der Waals surface area contributed by atoms with Crippen molar-refractivity contribution in [2.75, 3.05) is 13.4 Å². The number of carbonyl (C=O) groups is 1. The van der Waals surface area contributed by atoms with Gasteiger partial charge < -0.3 is 9.47 Å². The number of hydrogen-bond acceptors (Lipinski definition) is 6. The van der Waals surface area contributed by atoms with Crippen LogP contribution in [0, 0.1) is 0 Å². The fourth-order valence-corrected chi connectivity index (χ4v) is 2.33. The second kappa shape index (κ2) is 7.94. The lowest BCUT2D eigenvalue weighted by Gasteiger charge is -2.11. The van der Waals surface area contributed by atoms with Gasteiger partial charge in [0.05, 0.1) is 25.5 Å². The summed E-state index contributed by atoms with van der Waals surface area (Å²) in [4.78, 5) is 11.8. The van der Waals surface area contributed by atoms with Gasteiger partial charge in [0.15, 0.2) is 0 Å². The van der Waals surface area contributed by atoms with Crippen molar-refractivity contribution in [1.82, 2.24) is 0 Å². The summed E-state index contributed by atoms with van der Waals surface area (Å²) < 4.78 is 37.4. The molecular weight excluding hydrogens is 332 g/mol. The van der Waals surface area contributed by atoms with Gasteiger partial charge in [0, 0.05) is 0 Å². The Balaban J connectivity index is 2.20. The highest BCUT2D eigenvalue weighted by Gasteiger charge is 2.12. The first-order valence-electron chi connectivity index (χ1n) is 7.11. The molecule has 0 saturated carbocycles. The van der Waals surface area contributed by atoms with Crippen LogP contribution in [0.1, 0.15) is 21.5 Å². The Labute approximate surface area is 141 Å². The zero-order valence-electron chi connectivity index (χ0n) is 13.4. The second-order valence-electron chi connectivity index (χ2n) is 5.10. The smallest absolute Gasteiger partial charge is 0.337 e. The summed E-state index contributed by atoms with van der Waals surface area (Å²) in [6.07, 6.45) is 0.962. The van der Waals surface area contributed by atoms with Crippen LogP contribution in [-0.2, 0) is 32.3 Å². The van der Waals surface area contributed by atoms with E-state index in [1.807, 2.05) is 30.3 Å². The first-order valence-corrected chi connectivity index (χ1v) is 8.92. The van der Waals surface area contributed by atoms with E-state index in [-0.39, 0.29) is 12.2 Å². The van der Waals surface area contributed by atoms with E-state index in [1.165, 1.54) is 13.2 Å². The van der Waals surface area contributed by atoms with Crippen molar-refractivity contribution in [2.45, 2.75) is 13.2 Å². The van der Waals surface area contributed by atoms with Gasteiger partial charge in [0.1, 0.15) is 12.4 Å². The van der Waals surface area contributed by atoms with Crippen molar-refractivity contribution in [3.63, 3.8) is 0 Å². The van der Waals surface area contributed by atoms with Crippen LogP contribution in [0.2, 0.25) is 0 Å². The minimum atomic E-state index is -3.59. The minimum Gasteiger partial charge on any atom is -0.489 e. The number of rotatable bonds is 7. The summed E-state index contributed by atoms with van der Waals surface area (Å²) in [6, 6.07) is 14.2. The molecule has 7 heteroatoms. The maximum absolute atomic E-state index is 11.8. The topological polar surface area (TPSA) is 78.9 Å². The molecule has 0 aromatic heterocycles. The summed E-state index contributed by atoms with van der Waals surface area (Å²) in [5, 5.41) is 0. The highest BCUT2D eigenvalue weighted by molar-refractivity contribution is 7.85. The largest absolute Gasteiger partial charge is 0.489 e. The van der Waals surface area contributed by atoms with Crippen LogP contribution in [0.3, 0.4) is 0 Å². The molecule has 2 rings (SSSR count). The lowest BCUT2D eigenvalue weighted by Crippen LogP contribution is -2.06. The Bertz CT molecular complexity index is 799. The summed E-state index contributed by atoms with van der Waals surface area (Å²) in [6.45, 7) is 0.128. The van der Waals surface area contributed by atoms with Crippen molar-refractivity contribution in [3.8, 4) is 5.75 Å². The average Bonchev–Trinajstić information content (AvgIpc) is 2.57. The van der Waals surface area contributed by atoms with Gasteiger partial charge in [-0.25, -0.2) is 4.79 Å². The first-order chi connectivity index (χ1) is 11.4. The molecule has 0 spiro atoms. The minimum absolute atomic E-state index is 0.189. The van der Waals surface area contributed by atoms with Gasteiger partial charge in [0.2, 0.25) is 0 Å². The molecule has 6 nitrogen and oxygen atoms in total. The van der Waals surface area contributed by atoms with E-state index in [4.69, 9.17) is 13.7 Å². The zero-order valence-corrected chi connectivity index (χ0v) is 14.2. The standard InChI is InChI=1S/C17H18O6S/c1-21-17(18)15-8-14(12-23-24(2,19)20)9-16(10-15)22-11-13-6-4-3-5-7-13/h3-10H,11-12H2,1-2H3. The van der Waals surface area contributed by atoms with Crippen LogP contribution in [0.25, 0.3) is 0 Å². The molecule has 128 valence electrons. The molecule has 0 aliphatic rings. The lowest BCUT2D eigenvalue weighted by molar-refractivity contribution is 0.0600. The molecule has 0 N–H and O–H groups in total. The number of benzene rings is 2. The van der Waals surface area contributed by atoms with Crippen LogP contribution >= 0.6 is 0 Å². The highest BCUT2D eigenvalue weighted by Crippen LogP contribution is 2.20. The summed E-state index contributed by atoms with van der Waals surface area (Å²) in [7, 11) is -2.32. The maximum atomic E-state index is 11.8. The molecular formula is C17H18O6S. The molecule has 2 aromatic carbocycles. The molecule has 0 saturated heterocycles. The van der Waals surface area contributed by atoms with Crippen molar-refractivity contribution in [1.29, 1.82) is 0 Å². The molecule has 0 unspecified atom stereocenters. The van der Waals surface area contributed by atoms with Gasteiger partial charge >= 0.3 is 5.97 Å². The summed E-state index contributed by atoms with van der Waals surface area (Å²) in [5.74, 6) is -0.116. The third-order valence-corrected chi connectivity index (χ3v) is 3.62. The van der Waals surface area contributed by atoms with Crippen LogP contribution in [0.15, 0.2) is 48.5 Å². The van der Waals surface area contributed by atoms with E-state index < -0.39 is 16.1 Å². The van der Waals surface area contributed by atoms with Crippen molar-refractivity contribution >= 4 is 16.1 Å². The van der Waals surface area contributed by atoms with Gasteiger partial charge in [-0.2, -0.15) is 8.42 Å². The van der Waals surface area contributed by atoms with E-state index in [9.17, 15) is 13.2 Å². The second-order valence-corrected chi connectivity index (χ2v) is 6.74. The van der Waals surface area contributed by atoms with Gasteiger partial charge in [-0.05, 0) is 29.3 Å². The van der Waals surface area contributed by atoms with E-state index in [0.29, 0.717) is 17.9 Å². The highest BCUT2D eigenvalue weighted by atomic mass is 32.2. The number of methoxy groups -OCH3 is 1. The normalized spacial score (nSPS) is 11.1. The number of ether oxygens (including phenoxy) is 2. The fraction of sp³-hybridized carbons (Fsp3) is 0.235. The van der Waals surface area contributed by atoms with Gasteiger partial charge in [-0.15, -0.1) is 0 Å². The molecule has 0 bridgehead atoms. The van der Waals surface area contributed by atoms with E-state index in [0.717, 1.165) is 11.8 Å². The Hall–Kier alpha value is -2.38. The predicted molar refractivity (Wildman–Crippen MR) is 88.2 cm³/mol. The monoisotopic (exact) mass is 350 g/mol. The molecule has 0 atom stereocenters. The Morgan fingerprint density at radius 3 is 2.33 bits per heavy atom. The molecule has 0 aliphatic carbocycles. The van der Waals surface area contributed by atoms with Crippen LogP contribution in [0.4, 0.5) is 0 Å². The van der Waals surface area contributed by atoms with Crippen molar-refractivity contribution in [2.24, 2.45) is 0 Å². The van der Waals surface area contributed by atoms with Crippen LogP contribution < -0.4 is 4.74 Å². The fourth-order valence-electron chi connectivity index (χ4n) is 1.98. The molecule has 0 aliphatic heterocycles. The number of esters is 1. The Kier molecular flexibility index (Phi) is 5.94. The molecule has 0 radical (unpaired) electrons. The van der Waals surface area contributed by atoms with Crippen LogP contribution in [0.5, 0.6) is 5.75 Å². The summed E-state index contributed by atoms with van der Waals surface area (Å²) in [5.41, 5.74) is 1.72. The van der Waals surface area contributed by atoms with E-state index >= 15 is 0 Å². The quantitative estimate of drug-likeness (QED) is 0.564. The average molecular weight is 350 g/mol. The van der Waals surface area contributed by atoms with Crippen LogP contribution in [-0.4, -0.2) is 27.8 Å². The number of hydrogen-bond donors (Lipinski definition) is 0. The molecule has 2 aromatic rings. The first kappa shape index (κ1) is 18.0. The Morgan fingerprint density at radius 2 is 1.71 bits per heavy atom. The molecule has 0 amide bonds. The van der Waals surface area contributed by atoms with Crippen molar-refractivity contribution < 1.29 is 26.9 Å². The van der Waals surface area contributed by atoms with E-state index in [1.54, 1.807) is 12.1 Å². The third-order valence-electron chi connectivity index (χ3n) is 3.08. The molecule has 24 heavy (non-hydrogen) atoms. The summed E-state index contributed by atoms with van der Waals surface area (Å²) >= 11 is 0. The Morgan fingerprint density at radius 1 is 1.00 bits per heavy atom. The predicted octanol–water partition coefficient (Wildman–Crippen LogP) is 2.53. The molecule has 0 fully saturated rings. The lowest BCUT2D eigenvalue weighted by atomic mass is 10.1. The van der Waals surface area contributed by atoms with Gasteiger partial charge in [-0.3, -0.25) is 4.18 Å². The van der Waals surface area contributed by atoms with Gasteiger partial charge in [-0.1, -0.05) is 30.3 Å².